The molecular formula is C13H19NO2. The van der Waals surface area contributed by atoms with Gasteiger partial charge >= 0.3 is 5.97 Å². The van der Waals surface area contributed by atoms with Crippen LogP contribution in [0.4, 0.5) is 5.69 Å². The lowest BCUT2D eigenvalue weighted by Gasteiger charge is -2.29. The van der Waals surface area contributed by atoms with Gasteiger partial charge in [0.2, 0.25) is 0 Å². The predicted molar refractivity (Wildman–Crippen MR) is 66.3 cm³/mol. The maximum absolute atomic E-state index is 11.2. The van der Waals surface area contributed by atoms with E-state index in [9.17, 15) is 4.79 Å². The number of hydrogen-bond donors (Lipinski definition) is 1. The van der Waals surface area contributed by atoms with Gasteiger partial charge in [-0.2, -0.15) is 0 Å². The number of aromatic carboxylic acids is 1. The monoisotopic (exact) mass is 221 g/mol. The van der Waals surface area contributed by atoms with Gasteiger partial charge < -0.3 is 10.0 Å². The van der Waals surface area contributed by atoms with Crippen molar-refractivity contribution in [2.75, 3.05) is 11.9 Å². The average Bonchev–Trinajstić information content (AvgIpc) is 2.26. The van der Waals surface area contributed by atoms with E-state index in [2.05, 4.69) is 13.8 Å². The summed E-state index contributed by atoms with van der Waals surface area (Å²) in [7, 11) is 1.95. The lowest BCUT2D eigenvalue weighted by atomic mass is 10.1. The Morgan fingerprint density at radius 1 is 1.50 bits per heavy atom. The topological polar surface area (TPSA) is 40.5 Å². The molecule has 0 radical (unpaired) electrons. The van der Waals surface area contributed by atoms with Gasteiger partial charge in [-0.15, -0.1) is 0 Å². The van der Waals surface area contributed by atoms with Crippen LogP contribution in [-0.4, -0.2) is 24.2 Å². The number of carboxylic acid groups (broad SMARTS) is 1. The van der Waals surface area contributed by atoms with Crippen molar-refractivity contribution in [3.8, 4) is 0 Å². The van der Waals surface area contributed by atoms with E-state index in [-0.39, 0.29) is 0 Å². The number of carbonyl (C=O) groups is 1. The molecule has 1 rings (SSSR count). The minimum atomic E-state index is -0.867. The fourth-order valence-corrected chi connectivity index (χ4v) is 1.79. The molecule has 88 valence electrons. The standard InChI is InChI=1S/C13H19NO2/c1-5-10(3)14(4)12-9(2)7-6-8-11(12)13(15)16/h6-8,10H,5H2,1-4H3,(H,15,16). The maximum Gasteiger partial charge on any atom is 0.337 e. The molecule has 0 saturated heterocycles. The van der Waals surface area contributed by atoms with E-state index >= 15 is 0 Å². The second-order valence-corrected chi connectivity index (χ2v) is 4.14. The quantitative estimate of drug-likeness (QED) is 0.849. The molecule has 3 heteroatoms. The first-order chi connectivity index (χ1) is 7.49. The van der Waals surface area contributed by atoms with Crippen molar-refractivity contribution < 1.29 is 9.90 Å². The number of benzene rings is 1. The Bertz CT molecular complexity index is 388. The zero-order chi connectivity index (χ0) is 12.3. The molecule has 1 N–H and O–H groups in total. The molecule has 1 aromatic rings. The van der Waals surface area contributed by atoms with Crippen LogP contribution < -0.4 is 4.90 Å². The SMILES string of the molecule is CCC(C)N(C)c1c(C)cccc1C(=O)O. The Morgan fingerprint density at radius 3 is 2.62 bits per heavy atom. The van der Waals surface area contributed by atoms with E-state index in [0.717, 1.165) is 17.7 Å². The number of rotatable bonds is 4. The van der Waals surface area contributed by atoms with Crippen molar-refractivity contribution in [2.45, 2.75) is 33.2 Å². The molecule has 16 heavy (non-hydrogen) atoms. The molecule has 0 spiro atoms. The summed E-state index contributed by atoms with van der Waals surface area (Å²) in [5, 5.41) is 9.17. The fourth-order valence-electron chi connectivity index (χ4n) is 1.79. The highest BCUT2D eigenvalue weighted by atomic mass is 16.4. The predicted octanol–water partition coefficient (Wildman–Crippen LogP) is 2.93. The minimum Gasteiger partial charge on any atom is -0.478 e. The van der Waals surface area contributed by atoms with Crippen molar-refractivity contribution in [3.05, 3.63) is 29.3 Å². The Hall–Kier alpha value is -1.51. The van der Waals surface area contributed by atoms with Crippen molar-refractivity contribution >= 4 is 11.7 Å². The third-order valence-electron chi connectivity index (χ3n) is 3.07. The molecule has 0 aliphatic carbocycles. The van der Waals surface area contributed by atoms with Crippen LogP contribution in [0.1, 0.15) is 36.2 Å². The molecule has 3 nitrogen and oxygen atoms in total. The first-order valence-corrected chi connectivity index (χ1v) is 5.54. The van der Waals surface area contributed by atoms with Crippen LogP contribution in [0.15, 0.2) is 18.2 Å². The molecule has 1 aromatic carbocycles. The molecule has 0 saturated carbocycles. The van der Waals surface area contributed by atoms with E-state index < -0.39 is 5.97 Å². The van der Waals surface area contributed by atoms with Gasteiger partial charge in [0, 0.05) is 13.1 Å². The largest absolute Gasteiger partial charge is 0.478 e. The Kier molecular flexibility index (Phi) is 3.93. The normalized spacial score (nSPS) is 12.2. The van der Waals surface area contributed by atoms with Gasteiger partial charge in [0.15, 0.2) is 0 Å². The van der Waals surface area contributed by atoms with Crippen LogP contribution in [0.3, 0.4) is 0 Å². The van der Waals surface area contributed by atoms with Gasteiger partial charge in [-0.3, -0.25) is 0 Å². The van der Waals surface area contributed by atoms with Crippen LogP contribution >= 0.6 is 0 Å². The number of carboxylic acids is 1. The minimum absolute atomic E-state index is 0.333. The van der Waals surface area contributed by atoms with Crippen molar-refractivity contribution in [3.63, 3.8) is 0 Å². The summed E-state index contributed by atoms with van der Waals surface area (Å²) < 4.78 is 0. The summed E-state index contributed by atoms with van der Waals surface area (Å²) >= 11 is 0. The van der Waals surface area contributed by atoms with Gasteiger partial charge in [-0.05, 0) is 31.9 Å². The van der Waals surface area contributed by atoms with E-state index in [1.165, 1.54) is 0 Å². The summed E-state index contributed by atoms with van der Waals surface area (Å²) in [5.74, 6) is -0.867. The van der Waals surface area contributed by atoms with Gasteiger partial charge in [0.25, 0.3) is 0 Å². The smallest absolute Gasteiger partial charge is 0.337 e. The Balaban J connectivity index is 3.24. The van der Waals surface area contributed by atoms with Crippen molar-refractivity contribution in [2.24, 2.45) is 0 Å². The van der Waals surface area contributed by atoms with Gasteiger partial charge in [-0.25, -0.2) is 4.79 Å². The third-order valence-corrected chi connectivity index (χ3v) is 3.07. The molecule has 0 bridgehead atoms. The molecule has 0 aromatic heterocycles. The summed E-state index contributed by atoms with van der Waals surface area (Å²) in [4.78, 5) is 13.2. The maximum atomic E-state index is 11.2. The second-order valence-electron chi connectivity index (χ2n) is 4.14. The number of hydrogen-bond acceptors (Lipinski definition) is 2. The third kappa shape index (κ3) is 2.35. The number of aryl methyl sites for hydroxylation is 1. The number of anilines is 1. The van der Waals surface area contributed by atoms with E-state index in [1.54, 1.807) is 12.1 Å². The first kappa shape index (κ1) is 12.6. The highest BCUT2D eigenvalue weighted by Gasteiger charge is 2.18. The summed E-state index contributed by atoms with van der Waals surface area (Å²) in [6, 6.07) is 5.72. The molecule has 1 atom stereocenters. The fraction of sp³-hybridized carbons (Fsp3) is 0.462. The summed E-state index contributed by atoms with van der Waals surface area (Å²) in [6.07, 6.45) is 0.990. The molecule has 0 amide bonds. The van der Waals surface area contributed by atoms with Crippen LogP contribution in [0.2, 0.25) is 0 Å². The second kappa shape index (κ2) is 5.01. The lowest BCUT2D eigenvalue weighted by molar-refractivity contribution is 0.0697. The molecule has 0 fully saturated rings. The summed E-state index contributed by atoms with van der Waals surface area (Å²) in [6.45, 7) is 6.14. The van der Waals surface area contributed by atoms with Gasteiger partial charge in [0.1, 0.15) is 0 Å². The zero-order valence-corrected chi connectivity index (χ0v) is 10.3. The zero-order valence-electron chi connectivity index (χ0n) is 10.3. The molecule has 0 aliphatic heterocycles. The molecule has 0 aliphatic rings. The average molecular weight is 221 g/mol. The van der Waals surface area contributed by atoms with Gasteiger partial charge in [0.05, 0.1) is 11.3 Å². The Labute approximate surface area is 96.7 Å². The lowest BCUT2D eigenvalue weighted by Crippen LogP contribution is -2.30. The van der Waals surface area contributed by atoms with Crippen LogP contribution in [-0.2, 0) is 0 Å². The van der Waals surface area contributed by atoms with E-state index in [1.807, 2.05) is 24.9 Å². The van der Waals surface area contributed by atoms with Crippen LogP contribution in [0, 0.1) is 6.92 Å². The van der Waals surface area contributed by atoms with E-state index in [4.69, 9.17) is 5.11 Å². The highest BCUT2D eigenvalue weighted by molar-refractivity contribution is 5.95. The number of para-hydroxylation sites is 1. The van der Waals surface area contributed by atoms with Gasteiger partial charge in [-0.1, -0.05) is 19.1 Å². The van der Waals surface area contributed by atoms with Crippen LogP contribution in [0.5, 0.6) is 0 Å². The Morgan fingerprint density at radius 2 is 2.12 bits per heavy atom. The molecule has 1 unspecified atom stereocenters. The van der Waals surface area contributed by atoms with Crippen LogP contribution in [0.25, 0.3) is 0 Å². The molecular weight excluding hydrogens is 202 g/mol. The van der Waals surface area contributed by atoms with Crippen molar-refractivity contribution in [1.82, 2.24) is 0 Å². The first-order valence-electron chi connectivity index (χ1n) is 5.54. The van der Waals surface area contributed by atoms with E-state index in [0.29, 0.717) is 11.6 Å². The summed E-state index contributed by atoms with van der Waals surface area (Å²) in [5.41, 5.74) is 2.20. The molecule has 0 heterocycles. The number of nitrogens with zero attached hydrogens (tertiary/aromatic N) is 1. The highest BCUT2D eigenvalue weighted by Crippen LogP contribution is 2.26. The van der Waals surface area contributed by atoms with Crippen molar-refractivity contribution in [1.29, 1.82) is 0 Å².